The number of imidazole rings is 1. The van der Waals surface area contributed by atoms with Crippen LogP contribution in [-0.4, -0.2) is 42.5 Å². The van der Waals surface area contributed by atoms with Gasteiger partial charge in [-0.15, -0.1) is 21.5 Å². The molecule has 146 valence electrons. The van der Waals surface area contributed by atoms with Crippen molar-refractivity contribution < 1.29 is 13.6 Å². The zero-order valence-corrected chi connectivity index (χ0v) is 15.9. The van der Waals surface area contributed by atoms with Crippen molar-refractivity contribution >= 4 is 27.5 Å². The highest BCUT2D eigenvalue weighted by Crippen LogP contribution is 2.40. The van der Waals surface area contributed by atoms with Crippen molar-refractivity contribution in [3.05, 3.63) is 58.5 Å². The number of benzene rings is 1. The first-order chi connectivity index (χ1) is 14.2. The lowest BCUT2D eigenvalue weighted by molar-refractivity contribution is 0.0647. The fraction of sp³-hybridized carbons (Fsp3) is 0.316. The number of carbonyl (C=O) groups is 1. The molecule has 1 N–H and O–H groups in total. The molecule has 3 aromatic heterocycles. The summed E-state index contributed by atoms with van der Waals surface area (Å²) < 4.78 is 20.6. The van der Waals surface area contributed by atoms with Crippen LogP contribution >= 0.6 is 11.3 Å². The topological polar surface area (TPSA) is 101 Å². The van der Waals surface area contributed by atoms with Gasteiger partial charge in [0, 0.05) is 24.6 Å². The maximum atomic E-state index is 14.2. The molecule has 4 heterocycles. The highest BCUT2D eigenvalue weighted by Gasteiger charge is 2.39. The van der Waals surface area contributed by atoms with E-state index in [0.29, 0.717) is 35.1 Å². The number of carbonyl (C=O) groups excluding carboxylic acids is 1. The van der Waals surface area contributed by atoms with Crippen LogP contribution in [0, 0.1) is 5.82 Å². The lowest BCUT2D eigenvalue weighted by Gasteiger charge is -2.32. The number of aromatic amines is 1. The third-order valence-electron chi connectivity index (χ3n) is 5.36. The molecule has 1 saturated carbocycles. The van der Waals surface area contributed by atoms with Gasteiger partial charge in [0.2, 0.25) is 5.89 Å². The van der Waals surface area contributed by atoms with Crippen molar-refractivity contribution in [2.45, 2.75) is 31.2 Å². The van der Waals surface area contributed by atoms with E-state index in [9.17, 15) is 9.18 Å². The summed E-state index contributed by atoms with van der Waals surface area (Å²) in [6, 6.07) is 4.32. The van der Waals surface area contributed by atoms with Crippen LogP contribution in [0.2, 0.25) is 0 Å². The molecule has 0 unspecified atom stereocenters. The normalized spacial score (nSPS) is 18.9. The predicted octanol–water partition coefficient (Wildman–Crippen LogP) is 3.21. The van der Waals surface area contributed by atoms with E-state index in [1.807, 2.05) is 6.07 Å². The molecule has 6 rings (SSSR count). The molecule has 1 aliphatic heterocycles. The molecule has 1 aliphatic carbocycles. The van der Waals surface area contributed by atoms with Crippen LogP contribution in [0.25, 0.3) is 10.2 Å². The number of nitrogens with zero attached hydrogens (tertiary/aromatic N) is 5. The number of nitrogens with one attached hydrogen (secondary N) is 1. The second kappa shape index (κ2) is 6.18. The van der Waals surface area contributed by atoms with Crippen LogP contribution in [0.4, 0.5) is 4.39 Å². The molecule has 8 nitrogen and oxygen atoms in total. The van der Waals surface area contributed by atoms with Crippen molar-refractivity contribution in [2.24, 2.45) is 0 Å². The van der Waals surface area contributed by atoms with Crippen molar-refractivity contribution in [1.82, 2.24) is 30.0 Å². The summed E-state index contributed by atoms with van der Waals surface area (Å²) in [4.78, 5) is 27.0. The number of halogens is 1. The molecule has 0 bridgehead atoms. The highest BCUT2D eigenvalue weighted by molar-refractivity contribution is 7.18. The number of para-hydroxylation sites is 1. The Kier molecular flexibility index (Phi) is 3.58. The van der Waals surface area contributed by atoms with E-state index >= 15 is 0 Å². The lowest BCUT2D eigenvalue weighted by Crippen LogP contribution is -2.41. The first-order valence-electron chi connectivity index (χ1n) is 9.40. The van der Waals surface area contributed by atoms with E-state index in [-0.39, 0.29) is 23.5 Å². The van der Waals surface area contributed by atoms with Crippen LogP contribution in [0.1, 0.15) is 57.8 Å². The van der Waals surface area contributed by atoms with Gasteiger partial charge in [-0.2, -0.15) is 0 Å². The lowest BCUT2D eigenvalue weighted by atomic mass is 10.0. The number of H-pyrrole nitrogens is 1. The number of thiazole rings is 1. The summed E-state index contributed by atoms with van der Waals surface area (Å²) in [5.74, 6) is 0.0219. The molecule has 29 heavy (non-hydrogen) atoms. The van der Waals surface area contributed by atoms with Gasteiger partial charge in [-0.05, 0) is 25.0 Å². The fourth-order valence-electron chi connectivity index (χ4n) is 3.73. The Bertz CT molecular complexity index is 1240. The van der Waals surface area contributed by atoms with Gasteiger partial charge in [-0.3, -0.25) is 4.79 Å². The van der Waals surface area contributed by atoms with Gasteiger partial charge in [0.05, 0.1) is 16.7 Å². The molecule has 1 aromatic carbocycles. The minimum absolute atomic E-state index is 0.0248. The SMILES string of the molecule is O=C(c1nnc(C2CC2)o1)N1CCc2[nH]cnc2[C@H]1c1nc2c(F)cccc2s1. The molecule has 1 amide bonds. The maximum absolute atomic E-state index is 14.2. The van der Waals surface area contributed by atoms with Crippen LogP contribution < -0.4 is 0 Å². The molecule has 1 atom stereocenters. The van der Waals surface area contributed by atoms with Gasteiger partial charge in [-0.1, -0.05) is 6.07 Å². The Morgan fingerprint density at radius 2 is 2.21 bits per heavy atom. The van der Waals surface area contributed by atoms with Gasteiger partial charge in [-0.25, -0.2) is 14.4 Å². The summed E-state index contributed by atoms with van der Waals surface area (Å²) in [5.41, 5.74) is 1.96. The van der Waals surface area contributed by atoms with E-state index in [0.717, 1.165) is 23.2 Å². The Morgan fingerprint density at radius 1 is 1.31 bits per heavy atom. The number of aromatic nitrogens is 5. The number of fused-ring (bicyclic) bond motifs is 2. The number of hydrogen-bond donors (Lipinski definition) is 1. The molecule has 4 aromatic rings. The molecule has 0 spiro atoms. The largest absolute Gasteiger partial charge is 0.417 e. The minimum Gasteiger partial charge on any atom is -0.417 e. The van der Waals surface area contributed by atoms with Gasteiger partial charge in [0.15, 0.2) is 0 Å². The monoisotopic (exact) mass is 410 g/mol. The standard InChI is InChI=1S/C19H15FN6O2S/c20-10-2-1-3-12-13(10)23-18(29-12)15-14-11(21-8-22-14)6-7-26(15)19(27)17-25-24-16(28-17)9-4-5-9/h1-3,8-9,15H,4-7H2,(H,21,22)/t15-/m0/s1. The van der Waals surface area contributed by atoms with E-state index in [1.54, 1.807) is 17.3 Å². The average molecular weight is 410 g/mol. The smallest absolute Gasteiger partial charge is 0.312 e. The highest BCUT2D eigenvalue weighted by atomic mass is 32.1. The molecular weight excluding hydrogens is 395 g/mol. The summed E-state index contributed by atoms with van der Waals surface area (Å²) in [6.07, 6.45) is 4.25. The van der Waals surface area contributed by atoms with Crippen LogP contribution in [0.5, 0.6) is 0 Å². The summed E-state index contributed by atoms with van der Waals surface area (Å²) in [6.45, 7) is 0.443. The van der Waals surface area contributed by atoms with E-state index in [1.165, 1.54) is 17.4 Å². The van der Waals surface area contributed by atoms with Crippen LogP contribution in [0.3, 0.4) is 0 Å². The van der Waals surface area contributed by atoms with Crippen LogP contribution in [0.15, 0.2) is 28.9 Å². The zero-order valence-electron chi connectivity index (χ0n) is 15.1. The van der Waals surface area contributed by atoms with Gasteiger partial charge in [0.1, 0.15) is 22.4 Å². The quantitative estimate of drug-likeness (QED) is 0.557. The van der Waals surface area contributed by atoms with E-state index in [4.69, 9.17) is 4.42 Å². The van der Waals surface area contributed by atoms with Crippen molar-refractivity contribution in [3.63, 3.8) is 0 Å². The van der Waals surface area contributed by atoms with Crippen molar-refractivity contribution in [3.8, 4) is 0 Å². The van der Waals surface area contributed by atoms with Gasteiger partial charge >= 0.3 is 11.8 Å². The van der Waals surface area contributed by atoms with Gasteiger partial charge in [0.25, 0.3) is 0 Å². The van der Waals surface area contributed by atoms with Gasteiger partial charge < -0.3 is 14.3 Å². The minimum atomic E-state index is -0.537. The Balaban J connectivity index is 1.44. The Labute approximate surface area is 167 Å². The van der Waals surface area contributed by atoms with E-state index in [2.05, 4.69) is 25.1 Å². The van der Waals surface area contributed by atoms with Crippen molar-refractivity contribution in [1.29, 1.82) is 0 Å². The van der Waals surface area contributed by atoms with Crippen molar-refractivity contribution in [2.75, 3.05) is 6.54 Å². The molecular formula is C19H15FN6O2S. The third-order valence-corrected chi connectivity index (χ3v) is 6.43. The summed E-state index contributed by atoms with van der Waals surface area (Å²) in [5, 5.41) is 8.60. The first kappa shape index (κ1) is 16.8. The molecule has 10 heteroatoms. The summed E-state index contributed by atoms with van der Waals surface area (Å²) in [7, 11) is 0. The summed E-state index contributed by atoms with van der Waals surface area (Å²) >= 11 is 1.36. The molecule has 0 radical (unpaired) electrons. The molecule has 1 fully saturated rings. The number of hydrogen-bond acceptors (Lipinski definition) is 7. The second-order valence-electron chi connectivity index (χ2n) is 7.28. The molecule has 2 aliphatic rings. The Morgan fingerprint density at radius 3 is 3.03 bits per heavy atom. The number of rotatable bonds is 3. The second-order valence-corrected chi connectivity index (χ2v) is 8.34. The van der Waals surface area contributed by atoms with Crippen LogP contribution in [-0.2, 0) is 6.42 Å². The maximum Gasteiger partial charge on any atom is 0.312 e. The first-order valence-corrected chi connectivity index (χ1v) is 10.2. The molecule has 0 saturated heterocycles. The average Bonchev–Trinajstić information content (AvgIpc) is 3.13. The number of amides is 1. The third kappa shape index (κ3) is 2.66. The Hall–Kier alpha value is -3.14. The zero-order chi connectivity index (χ0) is 19.5. The van der Waals surface area contributed by atoms with E-state index < -0.39 is 6.04 Å². The fourth-order valence-corrected chi connectivity index (χ4v) is 4.83. The predicted molar refractivity (Wildman–Crippen MR) is 101 cm³/mol.